The normalized spacial score (nSPS) is 11.1. The Morgan fingerprint density at radius 1 is 1.15 bits per heavy atom. The van der Waals surface area contributed by atoms with Crippen LogP contribution in [-0.2, 0) is 10.0 Å². The molecule has 0 aromatic carbocycles. The molecule has 0 bridgehead atoms. The number of anilines is 2. The molecular weight excluding hydrogens is 278 g/mol. The molecule has 0 aliphatic rings. The van der Waals surface area contributed by atoms with Crippen LogP contribution < -0.4 is 10.0 Å². The SMILES string of the molecule is CCCNc1ncc(S(=O)(=O)Nc2ccccn2)cn1. The van der Waals surface area contributed by atoms with Gasteiger partial charge in [-0.1, -0.05) is 13.0 Å². The average Bonchev–Trinajstić information content (AvgIpc) is 2.46. The fourth-order valence-corrected chi connectivity index (χ4v) is 2.30. The summed E-state index contributed by atoms with van der Waals surface area (Å²) < 4.78 is 26.5. The summed E-state index contributed by atoms with van der Waals surface area (Å²) in [7, 11) is -3.72. The van der Waals surface area contributed by atoms with E-state index in [-0.39, 0.29) is 10.7 Å². The molecule has 0 atom stereocenters. The van der Waals surface area contributed by atoms with Gasteiger partial charge in [0.15, 0.2) is 0 Å². The molecule has 20 heavy (non-hydrogen) atoms. The highest BCUT2D eigenvalue weighted by molar-refractivity contribution is 7.92. The van der Waals surface area contributed by atoms with E-state index in [0.717, 1.165) is 13.0 Å². The van der Waals surface area contributed by atoms with Crippen molar-refractivity contribution in [2.45, 2.75) is 18.2 Å². The molecule has 2 N–H and O–H groups in total. The minimum atomic E-state index is -3.72. The van der Waals surface area contributed by atoms with Crippen LogP contribution >= 0.6 is 0 Å². The van der Waals surface area contributed by atoms with E-state index in [0.29, 0.717) is 5.95 Å². The molecule has 2 aromatic heterocycles. The third kappa shape index (κ3) is 3.64. The van der Waals surface area contributed by atoms with Crippen molar-refractivity contribution in [1.29, 1.82) is 0 Å². The van der Waals surface area contributed by atoms with Crippen molar-refractivity contribution in [3.63, 3.8) is 0 Å². The van der Waals surface area contributed by atoms with Crippen molar-refractivity contribution in [2.24, 2.45) is 0 Å². The third-order valence-corrected chi connectivity index (χ3v) is 3.68. The van der Waals surface area contributed by atoms with Crippen LogP contribution in [0.1, 0.15) is 13.3 Å². The Morgan fingerprint density at radius 2 is 1.90 bits per heavy atom. The largest absolute Gasteiger partial charge is 0.354 e. The Bertz CT molecular complexity index is 643. The Hall–Kier alpha value is -2.22. The molecule has 8 heteroatoms. The summed E-state index contributed by atoms with van der Waals surface area (Å²) in [6.45, 7) is 2.75. The molecule has 2 rings (SSSR count). The molecule has 2 aromatic rings. The molecule has 0 saturated heterocycles. The maximum atomic E-state index is 12.1. The van der Waals surface area contributed by atoms with Crippen molar-refractivity contribution < 1.29 is 8.42 Å². The summed E-state index contributed by atoms with van der Waals surface area (Å²) >= 11 is 0. The van der Waals surface area contributed by atoms with Gasteiger partial charge in [-0.05, 0) is 18.6 Å². The number of hydrogen-bond donors (Lipinski definition) is 2. The third-order valence-electron chi connectivity index (χ3n) is 2.38. The number of pyridine rings is 1. The zero-order chi connectivity index (χ0) is 14.4. The maximum absolute atomic E-state index is 12.1. The van der Waals surface area contributed by atoms with Crippen LogP contribution in [0.3, 0.4) is 0 Å². The topological polar surface area (TPSA) is 96.9 Å². The van der Waals surface area contributed by atoms with Gasteiger partial charge in [0.05, 0.1) is 12.4 Å². The lowest BCUT2D eigenvalue weighted by atomic mass is 10.5. The standard InChI is InChI=1S/C12H15N5O2S/c1-2-6-14-12-15-8-10(9-16-12)20(18,19)17-11-5-3-4-7-13-11/h3-5,7-9H,2,6H2,1H3,(H,13,17)(H,14,15,16). The van der Waals surface area contributed by atoms with Crippen LogP contribution in [0, 0.1) is 0 Å². The van der Waals surface area contributed by atoms with E-state index < -0.39 is 10.0 Å². The lowest BCUT2D eigenvalue weighted by Gasteiger charge is -2.07. The fourth-order valence-electron chi connectivity index (χ4n) is 1.40. The van der Waals surface area contributed by atoms with E-state index in [9.17, 15) is 8.42 Å². The van der Waals surface area contributed by atoms with Crippen molar-refractivity contribution in [2.75, 3.05) is 16.6 Å². The molecule has 0 fully saturated rings. The molecule has 2 heterocycles. The van der Waals surface area contributed by atoms with E-state index in [4.69, 9.17) is 0 Å². The van der Waals surface area contributed by atoms with Gasteiger partial charge < -0.3 is 5.32 Å². The quantitative estimate of drug-likeness (QED) is 0.837. The van der Waals surface area contributed by atoms with E-state index >= 15 is 0 Å². The second kappa shape index (κ2) is 6.29. The van der Waals surface area contributed by atoms with Gasteiger partial charge in [-0.25, -0.2) is 23.4 Å². The first-order valence-electron chi connectivity index (χ1n) is 6.11. The first-order chi connectivity index (χ1) is 9.62. The first-order valence-corrected chi connectivity index (χ1v) is 7.60. The molecule has 0 radical (unpaired) electrons. The second-order valence-corrected chi connectivity index (χ2v) is 5.67. The van der Waals surface area contributed by atoms with Crippen LogP contribution in [0.2, 0.25) is 0 Å². The van der Waals surface area contributed by atoms with Crippen LogP contribution in [0.5, 0.6) is 0 Å². The van der Waals surface area contributed by atoms with E-state index in [1.807, 2.05) is 6.92 Å². The molecule has 0 spiro atoms. The Balaban J connectivity index is 2.13. The van der Waals surface area contributed by atoms with Gasteiger partial charge in [0.1, 0.15) is 10.7 Å². The minimum absolute atomic E-state index is 0.00907. The molecule has 0 aliphatic heterocycles. The number of aromatic nitrogens is 3. The summed E-state index contributed by atoms with van der Waals surface area (Å²) in [5.74, 6) is 0.657. The molecule has 0 amide bonds. The Kier molecular flexibility index (Phi) is 4.46. The Morgan fingerprint density at radius 3 is 2.50 bits per heavy atom. The summed E-state index contributed by atoms with van der Waals surface area (Å²) in [4.78, 5) is 11.8. The lowest BCUT2D eigenvalue weighted by molar-refractivity contribution is 0.600. The second-order valence-electron chi connectivity index (χ2n) is 3.99. The zero-order valence-corrected chi connectivity index (χ0v) is 11.8. The van der Waals surface area contributed by atoms with Crippen molar-refractivity contribution in [1.82, 2.24) is 15.0 Å². The van der Waals surface area contributed by atoms with Gasteiger partial charge >= 0.3 is 0 Å². The highest BCUT2D eigenvalue weighted by Gasteiger charge is 2.15. The van der Waals surface area contributed by atoms with E-state index in [1.54, 1.807) is 18.2 Å². The van der Waals surface area contributed by atoms with Gasteiger partial charge in [-0.15, -0.1) is 0 Å². The lowest BCUT2D eigenvalue weighted by Crippen LogP contribution is -2.15. The minimum Gasteiger partial charge on any atom is -0.354 e. The van der Waals surface area contributed by atoms with Gasteiger partial charge in [0.25, 0.3) is 10.0 Å². The van der Waals surface area contributed by atoms with Crippen LogP contribution in [0.15, 0.2) is 41.7 Å². The summed E-state index contributed by atoms with van der Waals surface area (Å²) in [6, 6.07) is 4.96. The highest BCUT2D eigenvalue weighted by Crippen LogP contribution is 2.12. The van der Waals surface area contributed by atoms with Gasteiger partial charge in [-0.2, -0.15) is 0 Å². The molecule has 106 valence electrons. The predicted octanol–water partition coefficient (Wildman–Crippen LogP) is 1.49. The number of nitrogens with one attached hydrogen (secondary N) is 2. The monoisotopic (exact) mass is 293 g/mol. The Labute approximate surface area is 117 Å². The highest BCUT2D eigenvalue weighted by atomic mass is 32.2. The fraction of sp³-hybridized carbons (Fsp3) is 0.250. The first kappa shape index (κ1) is 14.2. The van der Waals surface area contributed by atoms with E-state index in [1.165, 1.54) is 18.6 Å². The van der Waals surface area contributed by atoms with Crippen LogP contribution in [-0.4, -0.2) is 29.9 Å². The average molecular weight is 293 g/mol. The summed E-state index contributed by atoms with van der Waals surface area (Å²) in [6.07, 6.45) is 4.96. The number of sulfonamides is 1. The van der Waals surface area contributed by atoms with Crippen LogP contribution in [0.25, 0.3) is 0 Å². The molecule has 7 nitrogen and oxygen atoms in total. The molecular formula is C12H15N5O2S. The summed E-state index contributed by atoms with van der Waals surface area (Å²) in [5, 5.41) is 2.97. The summed E-state index contributed by atoms with van der Waals surface area (Å²) in [5.41, 5.74) is 0. The molecule has 0 unspecified atom stereocenters. The maximum Gasteiger partial charge on any atom is 0.266 e. The molecule has 0 saturated carbocycles. The van der Waals surface area contributed by atoms with Crippen molar-refractivity contribution in [3.05, 3.63) is 36.8 Å². The predicted molar refractivity (Wildman–Crippen MR) is 75.9 cm³/mol. The smallest absolute Gasteiger partial charge is 0.266 e. The van der Waals surface area contributed by atoms with Gasteiger partial charge in [0, 0.05) is 12.7 Å². The number of hydrogen-bond acceptors (Lipinski definition) is 6. The molecule has 0 aliphatic carbocycles. The number of nitrogens with zero attached hydrogens (tertiary/aromatic N) is 3. The van der Waals surface area contributed by atoms with Gasteiger partial charge in [-0.3, -0.25) is 4.72 Å². The van der Waals surface area contributed by atoms with E-state index in [2.05, 4.69) is 25.0 Å². The van der Waals surface area contributed by atoms with Crippen molar-refractivity contribution in [3.8, 4) is 0 Å². The zero-order valence-electron chi connectivity index (χ0n) is 10.9. The van der Waals surface area contributed by atoms with Gasteiger partial charge in [0.2, 0.25) is 5.95 Å². The van der Waals surface area contributed by atoms with Crippen molar-refractivity contribution >= 4 is 21.8 Å². The van der Waals surface area contributed by atoms with Crippen LogP contribution in [0.4, 0.5) is 11.8 Å². The number of rotatable bonds is 6.